The molecule has 4 heterocycles. The Balaban J connectivity index is 1.16. The number of ether oxygens (including phenoxy) is 2. The minimum absolute atomic E-state index is 0.0216. The number of aryl methyl sites for hydroxylation is 1. The number of piperazine rings is 1. The summed E-state index contributed by atoms with van der Waals surface area (Å²) < 4.78 is 11.4. The summed E-state index contributed by atoms with van der Waals surface area (Å²) in [6, 6.07) is 20.7. The van der Waals surface area contributed by atoms with Crippen molar-refractivity contribution in [2.75, 3.05) is 50.9 Å². The molecule has 8 heteroatoms. The number of thiophene rings is 1. The van der Waals surface area contributed by atoms with Crippen molar-refractivity contribution >= 4 is 33.3 Å². The van der Waals surface area contributed by atoms with E-state index in [1.54, 1.807) is 11.3 Å². The van der Waals surface area contributed by atoms with Crippen molar-refractivity contribution in [3.63, 3.8) is 0 Å². The molecule has 0 bridgehead atoms. The molecule has 2 saturated heterocycles. The average Bonchev–Trinajstić information content (AvgIpc) is 3.38. The van der Waals surface area contributed by atoms with Gasteiger partial charge in [-0.05, 0) is 35.7 Å². The third kappa shape index (κ3) is 4.98. The Bertz CT molecular complexity index is 1430. The Labute approximate surface area is 227 Å². The summed E-state index contributed by atoms with van der Waals surface area (Å²) in [5.41, 5.74) is 3.00. The summed E-state index contributed by atoms with van der Waals surface area (Å²) in [6.07, 6.45) is 0.956. The molecule has 6 rings (SSSR count). The van der Waals surface area contributed by atoms with Crippen molar-refractivity contribution in [3.8, 4) is 17.1 Å². The van der Waals surface area contributed by atoms with Crippen LogP contribution in [0.4, 0.5) is 5.82 Å². The summed E-state index contributed by atoms with van der Waals surface area (Å²) in [6.45, 7) is 8.95. The number of anilines is 1. The zero-order chi connectivity index (χ0) is 26.1. The van der Waals surface area contributed by atoms with Crippen molar-refractivity contribution in [1.82, 2.24) is 14.9 Å². The van der Waals surface area contributed by atoms with E-state index in [2.05, 4.69) is 36.9 Å². The van der Waals surface area contributed by atoms with E-state index in [0.717, 1.165) is 39.1 Å². The molecular weight excluding hydrogens is 496 g/mol. The number of rotatable bonds is 7. The summed E-state index contributed by atoms with van der Waals surface area (Å²) in [5.74, 6) is 0.969. The second-order valence-electron chi connectivity index (χ2n) is 10.4. The van der Waals surface area contributed by atoms with Gasteiger partial charge in [-0.25, -0.2) is 0 Å². The molecule has 1 amide bonds. The predicted octanol–water partition coefficient (Wildman–Crippen LogP) is 5.30. The minimum atomic E-state index is 0.0216. The molecule has 0 radical (unpaired) electrons. The molecule has 196 valence electrons. The number of amides is 1. The molecule has 2 fully saturated rings. The third-order valence-corrected chi connectivity index (χ3v) is 8.48. The highest BCUT2D eigenvalue weighted by atomic mass is 32.1. The molecule has 2 aromatic carbocycles. The summed E-state index contributed by atoms with van der Waals surface area (Å²) in [5, 5.41) is 1.06. The molecule has 0 aliphatic carbocycles. The second kappa shape index (κ2) is 10.3. The Hall–Kier alpha value is -3.49. The first kappa shape index (κ1) is 24.8. The summed E-state index contributed by atoms with van der Waals surface area (Å²) >= 11 is 1.70. The topological polar surface area (TPSA) is 67.8 Å². The molecule has 7 nitrogen and oxygen atoms in total. The molecular formula is C30H32N4O3S. The lowest BCUT2D eigenvalue weighted by molar-refractivity contribution is -0.121. The lowest BCUT2D eigenvalue weighted by Crippen LogP contribution is -2.49. The van der Waals surface area contributed by atoms with Gasteiger partial charge in [-0.1, -0.05) is 56.3 Å². The Morgan fingerprint density at radius 2 is 1.71 bits per heavy atom. The van der Waals surface area contributed by atoms with Crippen LogP contribution in [0.25, 0.3) is 21.3 Å². The van der Waals surface area contributed by atoms with Gasteiger partial charge in [0.25, 0.3) is 5.91 Å². The smallest absolute Gasteiger partial charge is 0.319 e. The van der Waals surface area contributed by atoms with Crippen LogP contribution >= 0.6 is 11.3 Å². The number of carbonyl (C=O) groups excluding carboxylic acids is 1. The van der Waals surface area contributed by atoms with E-state index >= 15 is 0 Å². The van der Waals surface area contributed by atoms with Crippen molar-refractivity contribution in [1.29, 1.82) is 0 Å². The average molecular weight is 529 g/mol. The molecule has 2 aliphatic rings. The first-order chi connectivity index (χ1) is 18.5. The van der Waals surface area contributed by atoms with Crippen LogP contribution in [0, 0.1) is 5.41 Å². The number of aromatic nitrogens is 2. The van der Waals surface area contributed by atoms with Gasteiger partial charge in [0, 0.05) is 42.0 Å². The van der Waals surface area contributed by atoms with Crippen LogP contribution in [0.3, 0.4) is 0 Å². The van der Waals surface area contributed by atoms with Crippen LogP contribution in [0.1, 0.15) is 29.1 Å². The lowest BCUT2D eigenvalue weighted by atomic mass is 9.90. The van der Waals surface area contributed by atoms with Gasteiger partial charge in [-0.2, -0.15) is 9.97 Å². The van der Waals surface area contributed by atoms with Crippen molar-refractivity contribution in [3.05, 3.63) is 71.1 Å². The Kier molecular flexibility index (Phi) is 6.76. The zero-order valence-electron chi connectivity index (χ0n) is 21.9. The van der Waals surface area contributed by atoms with E-state index in [1.165, 1.54) is 4.88 Å². The van der Waals surface area contributed by atoms with E-state index in [4.69, 9.17) is 19.4 Å². The molecule has 2 aromatic heterocycles. The molecule has 2 aliphatic heterocycles. The maximum atomic E-state index is 13.3. The first-order valence-electron chi connectivity index (χ1n) is 13.2. The summed E-state index contributed by atoms with van der Waals surface area (Å²) in [7, 11) is 0. The largest absolute Gasteiger partial charge is 0.463 e. The molecule has 4 aromatic rings. The molecule has 0 N–H and O–H groups in total. The van der Waals surface area contributed by atoms with Gasteiger partial charge in [0.1, 0.15) is 17.3 Å². The van der Waals surface area contributed by atoms with Crippen molar-refractivity contribution in [2.24, 2.45) is 5.41 Å². The summed E-state index contributed by atoms with van der Waals surface area (Å²) in [4.78, 5) is 29.3. The van der Waals surface area contributed by atoms with Crippen LogP contribution in [-0.2, 0) is 11.2 Å². The van der Waals surface area contributed by atoms with E-state index < -0.39 is 0 Å². The van der Waals surface area contributed by atoms with E-state index in [0.29, 0.717) is 52.0 Å². The molecule has 0 saturated carbocycles. The van der Waals surface area contributed by atoms with Crippen molar-refractivity contribution in [2.45, 2.75) is 20.3 Å². The number of hydrogen-bond donors (Lipinski definition) is 0. The predicted molar refractivity (Wildman–Crippen MR) is 151 cm³/mol. The van der Waals surface area contributed by atoms with Gasteiger partial charge in [-0.3, -0.25) is 4.79 Å². The standard InChI is InChI=1S/C30H32N4O3S/c1-3-24-17-25-26(31-29(32-27(25)38-24)37-20-30(2)18-36-19-30)33-13-15-34(16-14-33)28(35)23-11-9-22(10-12-23)21-7-5-4-6-8-21/h4-12,17H,3,13-16,18-20H2,1-2H3. The number of carbonyl (C=O) groups is 1. The Morgan fingerprint density at radius 3 is 2.37 bits per heavy atom. The molecule has 0 spiro atoms. The van der Waals surface area contributed by atoms with Crippen LogP contribution in [0.5, 0.6) is 6.01 Å². The van der Waals surface area contributed by atoms with E-state index in [-0.39, 0.29) is 11.3 Å². The van der Waals surface area contributed by atoms with Gasteiger partial charge in [0.2, 0.25) is 0 Å². The minimum Gasteiger partial charge on any atom is -0.463 e. The second-order valence-corrected chi connectivity index (χ2v) is 11.5. The van der Waals surface area contributed by atoms with Crippen LogP contribution in [-0.4, -0.2) is 66.8 Å². The lowest BCUT2D eigenvalue weighted by Gasteiger charge is -2.37. The molecule has 38 heavy (non-hydrogen) atoms. The highest BCUT2D eigenvalue weighted by molar-refractivity contribution is 7.18. The fraction of sp³-hybridized carbons (Fsp3) is 0.367. The number of hydrogen-bond acceptors (Lipinski definition) is 7. The van der Waals surface area contributed by atoms with Gasteiger partial charge >= 0.3 is 6.01 Å². The number of nitrogens with zero attached hydrogens (tertiary/aromatic N) is 4. The van der Waals surface area contributed by atoms with E-state index in [9.17, 15) is 4.79 Å². The molecule has 0 unspecified atom stereocenters. The number of fused-ring (bicyclic) bond motifs is 1. The van der Waals surface area contributed by atoms with Crippen LogP contribution in [0.15, 0.2) is 60.7 Å². The van der Waals surface area contributed by atoms with Gasteiger partial charge < -0.3 is 19.3 Å². The fourth-order valence-corrected chi connectivity index (χ4v) is 5.88. The van der Waals surface area contributed by atoms with Crippen LogP contribution < -0.4 is 9.64 Å². The maximum Gasteiger partial charge on any atom is 0.319 e. The highest BCUT2D eigenvalue weighted by Gasteiger charge is 2.35. The molecule has 0 atom stereocenters. The first-order valence-corrected chi connectivity index (χ1v) is 14.0. The number of benzene rings is 2. The normalized spacial score (nSPS) is 16.9. The van der Waals surface area contributed by atoms with Crippen molar-refractivity contribution < 1.29 is 14.3 Å². The van der Waals surface area contributed by atoms with Gasteiger partial charge in [0.15, 0.2) is 0 Å². The van der Waals surface area contributed by atoms with Gasteiger partial charge in [0.05, 0.1) is 18.6 Å². The van der Waals surface area contributed by atoms with Crippen LogP contribution in [0.2, 0.25) is 0 Å². The van der Waals surface area contributed by atoms with E-state index in [1.807, 2.05) is 47.4 Å². The SMILES string of the molecule is CCc1cc2c(N3CCN(C(=O)c4ccc(-c5ccccc5)cc4)CC3)nc(OCC3(C)COC3)nc2s1. The zero-order valence-corrected chi connectivity index (χ0v) is 22.7. The highest BCUT2D eigenvalue weighted by Crippen LogP contribution is 2.34. The third-order valence-electron chi connectivity index (χ3n) is 7.31. The van der Waals surface area contributed by atoms with Gasteiger partial charge in [-0.15, -0.1) is 11.3 Å². The fourth-order valence-electron chi connectivity index (χ4n) is 4.93. The maximum absolute atomic E-state index is 13.3. The monoisotopic (exact) mass is 528 g/mol. The quantitative estimate of drug-likeness (QED) is 0.324. The Morgan fingerprint density at radius 1 is 1.00 bits per heavy atom.